The largest absolute Gasteiger partial charge is 0.497 e. The highest BCUT2D eigenvalue weighted by atomic mass is 28.4. The molecule has 0 spiro atoms. The summed E-state index contributed by atoms with van der Waals surface area (Å²) in [4.78, 5) is 12.3. The fraction of sp³-hybridized carbons (Fsp3) is 0.567. The number of hydrogen-bond donors (Lipinski definition) is 0. The molecule has 6 atom stereocenters. The minimum Gasteiger partial charge on any atom is -0.497 e. The van der Waals surface area contributed by atoms with E-state index in [9.17, 15) is 4.79 Å². The third kappa shape index (κ3) is 7.28. The molecule has 0 aromatic heterocycles. The van der Waals surface area contributed by atoms with Gasteiger partial charge >= 0.3 is 5.97 Å². The Hall–Kier alpha value is -2.27. The molecular weight excluding hydrogens is 516 g/mol. The van der Waals surface area contributed by atoms with Gasteiger partial charge in [0.2, 0.25) is 0 Å². The molecule has 0 amide bonds. The predicted molar refractivity (Wildman–Crippen MR) is 149 cm³/mol. The van der Waals surface area contributed by atoms with E-state index in [0.29, 0.717) is 19.8 Å². The van der Waals surface area contributed by atoms with Gasteiger partial charge < -0.3 is 32.8 Å². The molecule has 0 bridgehead atoms. The van der Waals surface area contributed by atoms with Gasteiger partial charge in [-0.05, 0) is 35.8 Å². The average Bonchev–Trinajstić information content (AvgIpc) is 2.98. The van der Waals surface area contributed by atoms with Crippen molar-refractivity contribution in [1.82, 2.24) is 0 Å². The zero-order valence-corrected chi connectivity index (χ0v) is 24.7. The summed E-state index contributed by atoms with van der Waals surface area (Å²) >= 11 is 0. The summed E-state index contributed by atoms with van der Waals surface area (Å²) in [6.45, 7) is 8.96. The molecule has 1 unspecified atom stereocenters. The third-order valence-electron chi connectivity index (χ3n) is 7.88. The Morgan fingerprint density at radius 1 is 0.949 bits per heavy atom. The SMILES string of the molecule is CC[Si](CC)(CC)OC[C@@H]1O[C@@H]2COC(c3ccc(OC)cc3)O[C@H]2[C@H](OCc2ccccc2)[C@H]1OC(C)=O. The van der Waals surface area contributed by atoms with Crippen LogP contribution in [0.5, 0.6) is 5.75 Å². The molecular formula is C30H42O8Si. The summed E-state index contributed by atoms with van der Waals surface area (Å²) in [5.74, 6) is 0.352. The maximum absolute atomic E-state index is 12.3. The van der Waals surface area contributed by atoms with Crippen molar-refractivity contribution in [3.05, 3.63) is 65.7 Å². The van der Waals surface area contributed by atoms with Crippen molar-refractivity contribution >= 4 is 14.3 Å². The van der Waals surface area contributed by atoms with Gasteiger partial charge in [-0.3, -0.25) is 4.79 Å². The topological polar surface area (TPSA) is 81.7 Å². The first-order valence-electron chi connectivity index (χ1n) is 13.9. The Bertz CT molecular complexity index is 1020. The number of fused-ring (bicyclic) bond motifs is 1. The predicted octanol–water partition coefficient (Wildman–Crippen LogP) is 5.42. The van der Waals surface area contributed by atoms with Crippen LogP contribution in [0.25, 0.3) is 0 Å². The monoisotopic (exact) mass is 558 g/mol. The third-order valence-corrected chi connectivity index (χ3v) is 12.5. The molecule has 0 radical (unpaired) electrons. The standard InChI is InChI=1S/C30H42O8Si/c1-6-39(7-2,8-3)35-20-26-27(36-21(4)31)29(33-18-22-12-10-9-11-13-22)28-25(37-26)19-34-30(38-28)23-14-16-24(32-5)17-15-23/h9-17,25-30H,6-8,18-20H2,1-5H3/t25-,26+,27+,28-,29-,30?/m1/s1. The highest BCUT2D eigenvalue weighted by molar-refractivity contribution is 6.73. The molecule has 4 rings (SSSR count). The maximum atomic E-state index is 12.3. The first-order chi connectivity index (χ1) is 18.9. The molecule has 214 valence electrons. The molecule has 2 aromatic rings. The fourth-order valence-electron chi connectivity index (χ4n) is 5.33. The van der Waals surface area contributed by atoms with Crippen molar-refractivity contribution in [2.45, 2.75) is 89.2 Å². The van der Waals surface area contributed by atoms with Gasteiger partial charge in [-0.15, -0.1) is 0 Å². The van der Waals surface area contributed by atoms with Gasteiger partial charge in [-0.2, -0.15) is 0 Å². The lowest BCUT2D eigenvalue weighted by molar-refractivity contribution is -0.337. The summed E-state index contributed by atoms with van der Waals surface area (Å²) in [5, 5.41) is 0. The van der Waals surface area contributed by atoms with Crippen LogP contribution in [-0.2, 0) is 39.5 Å². The molecule has 2 aliphatic rings. The van der Waals surface area contributed by atoms with Crippen molar-refractivity contribution < 1.29 is 37.6 Å². The number of carbonyl (C=O) groups is 1. The lowest BCUT2D eigenvalue weighted by Gasteiger charge is -2.49. The van der Waals surface area contributed by atoms with E-state index in [0.717, 1.165) is 35.0 Å². The van der Waals surface area contributed by atoms with Crippen LogP contribution in [0.15, 0.2) is 54.6 Å². The maximum Gasteiger partial charge on any atom is 0.303 e. The van der Waals surface area contributed by atoms with Gasteiger partial charge in [0.05, 0.1) is 26.9 Å². The lowest BCUT2D eigenvalue weighted by atomic mass is 9.93. The normalized spacial score (nSPS) is 27.0. The van der Waals surface area contributed by atoms with E-state index in [1.807, 2.05) is 54.6 Å². The van der Waals surface area contributed by atoms with E-state index >= 15 is 0 Å². The second kappa shape index (κ2) is 13.9. The van der Waals surface area contributed by atoms with Crippen LogP contribution in [0.3, 0.4) is 0 Å². The van der Waals surface area contributed by atoms with Crippen LogP contribution in [-0.4, -0.2) is 65.1 Å². The molecule has 2 saturated heterocycles. The minimum absolute atomic E-state index is 0.313. The van der Waals surface area contributed by atoms with Crippen molar-refractivity contribution in [2.75, 3.05) is 20.3 Å². The van der Waals surface area contributed by atoms with E-state index in [-0.39, 0.29) is 0 Å². The summed E-state index contributed by atoms with van der Waals surface area (Å²) in [6, 6.07) is 20.5. The number of hydrogen-bond acceptors (Lipinski definition) is 8. The zero-order valence-electron chi connectivity index (χ0n) is 23.7. The van der Waals surface area contributed by atoms with Crippen LogP contribution in [0.1, 0.15) is 45.1 Å². The number of benzene rings is 2. The number of carbonyl (C=O) groups excluding carboxylic acids is 1. The Morgan fingerprint density at radius 2 is 1.64 bits per heavy atom. The second-order valence-electron chi connectivity index (χ2n) is 10.1. The Labute approximate surface area is 233 Å². The molecule has 8 nitrogen and oxygen atoms in total. The van der Waals surface area contributed by atoms with Crippen LogP contribution in [0, 0.1) is 0 Å². The first kappa shape index (κ1) is 29.7. The average molecular weight is 559 g/mol. The molecule has 2 heterocycles. The van der Waals surface area contributed by atoms with Gasteiger partial charge in [0, 0.05) is 12.5 Å². The molecule has 0 aliphatic carbocycles. The van der Waals surface area contributed by atoms with E-state index in [4.69, 9.17) is 32.8 Å². The van der Waals surface area contributed by atoms with Crippen LogP contribution in [0.2, 0.25) is 18.1 Å². The molecule has 9 heteroatoms. The summed E-state index contributed by atoms with van der Waals surface area (Å²) in [6.07, 6.45) is -3.31. The lowest BCUT2D eigenvalue weighted by Crippen LogP contribution is -2.64. The van der Waals surface area contributed by atoms with Crippen LogP contribution >= 0.6 is 0 Å². The highest BCUT2D eigenvalue weighted by Gasteiger charge is 2.52. The smallest absolute Gasteiger partial charge is 0.303 e. The van der Waals surface area contributed by atoms with Crippen molar-refractivity contribution in [3.8, 4) is 5.75 Å². The minimum atomic E-state index is -1.90. The van der Waals surface area contributed by atoms with Gasteiger partial charge in [0.1, 0.15) is 30.2 Å². The van der Waals surface area contributed by atoms with E-state index in [1.54, 1.807) is 7.11 Å². The molecule has 2 aromatic carbocycles. The Balaban J connectivity index is 1.60. The first-order valence-corrected chi connectivity index (χ1v) is 16.5. The Morgan fingerprint density at radius 3 is 2.26 bits per heavy atom. The Kier molecular flexibility index (Phi) is 10.6. The second-order valence-corrected chi connectivity index (χ2v) is 14.9. The molecule has 39 heavy (non-hydrogen) atoms. The fourth-order valence-corrected chi connectivity index (χ4v) is 7.96. The van der Waals surface area contributed by atoms with Gasteiger partial charge in [0.15, 0.2) is 20.7 Å². The number of esters is 1. The van der Waals surface area contributed by atoms with Gasteiger partial charge in [0.25, 0.3) is 0 Å². The summed E-state index contributed by atoms with van der Waals surface area (Å²) in [5.41, 5.74) is 1.87. The number of ether oxygens (including phenoxy) is 6. The van der Waals surface area contributed by atoms with E-state index in [2.05, 4.69) is 20.8 Å². The molecule has 2 fully saturated rings. The zero-order chi connectivity index (χ0) is 27.8. The quantitative estimate of drug-likeness (QED) is 0.253. The van der Waals surface area contributed by atoms with Gasteiger partial charge in [-0.1, -0.05) is 63.2 Å². The molecule has 0 N–H and O–H groups in total. The summed E-state index contributed by atoms with van der Waals surface area (Å²) in [7, 11) is -0.275. The highest BCUT2D eigenvalue weighted by Crippen LogP contribution is 2.38. The van der Waals surface area contributed by atoms with Crippen molar-refractivity contribution in [3.63, 3.8) is 0 Å². The number of methoxy groups -OCH3 is 1. The van der Waals surface area contributed by atoms with E-state index in [1.165, 1.54) is 6.92 Å². The van der Waals surface area contributed by atoms with E-state index < -0.39 is 51.1 Å². The summed E-state index contributed by atoms with van der Waals surface area (Å²) < 4.78 is 43.4. The van der Waals surface area contributed by atoms with Crippen molar-refractivity contribution in [2.24, 2.45) is 0 Å². The van der Waals surface area contributed by atoms with Crippen LogP contribution in [0.4, 0.5) is 0 Å². The van der Waals surface area contributed by atoms with Gasteiger partial charge in [-0.25, -0.2) is 0 Å². The molecule has 2 aliphatic heterocycles. The molecule has 0 saturated carbocycles. The van der Waals surface area contributed by atoms with Crippen LogP contribution < -0.4 is 4.74 Å². The van der Waals surface area contributed by atoms with Crippen molar-refractivity contribution in [1.29, 1.82) is 0 Å². The number of rotatable bonds is 12.